The molecule has 0 unspecified atom stereocenters. The third-order valence-electron chi connectivity index (χ3n) is 9.29. The summed E-state index contributed by atoms with van der Waals surface area (Å²) < 4.78 is 49.0. The van der Waals surface area contributed by atoms with Gasteiger partial charge in [0.15, 0.2) is 11.5 Å². The highest BCUT2D eigenvalue weighted by molar-refractivity contribution is 7.90. The minimum absolute atomic E-state index is 0.0622. The SMILES string of the molecule is CCOC(=O)[C@H]1C2CCC(CC2)[C@@H]1Nc1cc(-c2ccccc2)nc(-c2cn(S(=O)(=O)c3ccc(C)cc3)c3ncc(F)cc23)n1. The van der Waals surface area contributed by atoms with Gasteiger partial charge in [0.1, 0.15) is 11.6 Å². The Balaban J connectivity index is 1.38. The van der Waals surface area contributed by atoms with E-state index in [-0.39, 0.29) is 51.5 Å². The lowest BCUT2D eigenvalue weighted by molar-refractivity contribution is -0.154. The number of ether oxygens (including phenoxy) is 1. The minimum atomic E-state index is -4.10. The van der Waals surface area contributed by atoms with Crippen molar-refractivity contribution >= 4 is 32.8 Å². The topological polar surface area (TPSA) is 116 Å². The van der Waals surface area contributed by atoms with Gasteiger partial charge in [-0.05, 0) is 69.6 Å². The Hall–Kier alpha value is -4.64. The molecule has 1 N–H and O–H groups in total. The number of nitrogens with one attached hydrogen (secondary N) is 1. The minimum Gasteiger partial charge on any atom is -0.466 e. The van der Waals surface area contributed by atoms with Crippen LogP contribution in [-0.2, 0) is 19.6 Å². The van der Waals surface area contributed by atoms with Crippen molar-refractivity contribution in [3.05, 3.63) is 90.5 Å². The van der Waals surface area contributed by atoms with Crippen LogP contribution in [0.2, 0.25) is 0 Å². The van der Waals surface area contributed by atoms with Crippen LogP contribution in [0, 0.1) is 30.5 Å². The van der Waals surface area contributed by atoms with Crippen LogP contribution >= 0.6 is 0 Å². The zero-order valence-electron chi connectivity index (χ0n) is 25.6. The first kappa shape index (κ1) is 30.0. The largest absolute Gasteiger partial charge is 0.466 e. The number of fused-ring (bicyclic) bond motifs is 4. The Morgan fingerprint density at radius 1 is 1.00 bits per heavy atom. The first-order valence-electron chi connectivity index (χ1n) is 15.6. The number of anilines is 1. The van der Waals surface area contributed by atoms with E-state index < -0.39 is 15.8 Å². The molecular weight excluding hydrogens is 605 g/mol. The molecule has 8 rings (SSSR count). The molecule has 3 fully saturated rings. The van der Waals surface area contributed by atoms with E-state index in [1.165, 1.54) is 24.4 Å². The van der Waals surface area contributed by atoms with Gasteiger partial charge in [-0.15, -0.1) is 0 Å². The fourth-order valence-electron chi connectivity index (χ4n) is 7.04. The molecule has 0 saturated heterocycles. The van der Waals surface area contributed by atoms with E-state index in [1.54, 1.807) is 12.1 Å². The molecule has 0 spiro atoms. The fourth-order valence-corrected chi connectivity index (χ4v) is 8.37. The Morgan fingerprint density at radius 2 is 1.72 bits per heavy atom. The second-order valence-electron chi connectivity index (χ2n) is 12.1. The van der Waals surface area contributed by atoms with Gasteiger partial charge in [-0.3, -0.25) is 4.79 Å². The third-order valence-corrected chi connectivity index (χ3v) is 10.9. The molecule has 2 aromatic carbocycles. The maximum absolute atomic E-state index is 14.7. The van der Waals surface area contributed by atoms with Gasteiger partial charge in [0.05, 0.1) is 29.3 Å². The number of esters is 1. The van der Waals surface area contributed by atoms with Crippen molar-refractivity contribution in [1.29, 1.82) is 0 Å². The fraction of sp³-hybridized carbons (Fsp3) is 0.314. The second kappa shape index (κ2) is 11.9. The molecule has 3 aliphatic carbocycles. The molecule has 3 heterocycles. The van der Waals surface area contributed by atoms with Crippen molar-refractivity contribution in [2.75, 3.05) is 11.9 Å². The molecule has 5 aromatic rings. The maximum atomic E-state index is 14.7. The van der Waals surface area contributed by atoms with E-state index in [2.05, 4.69) is 10.3 Å². The van der Waals surface area contributed by atoms with Crippen molar-refractivity contribution in [3.63, 3.8) is 0 Å². The van der Waals surface area contributed by atoms with Gasteiger partial charge in [-0.2, -0.15) is 0 Å². The average molecular weight is 640 g/mol. The Morgan fingerprint density at radius 3 is 2.43 bits per heavy atom. The zero-order valence-corrected chi connectivity index (χ0v) is 26.4. The molecule has 0 amide bonds. The molecule has 3 saturated carbocycles. The lowest BCUT2D eigenvalue weighted by Crippen LogP contribution is -2.52. The summed E-state index contributed by atoms with van der Waals surface area (Å²) in [4.78, 5) is 27.2. The van der Waals surface area contributed by atoms with E-state index in [4.69, 9.17) is 14.7 Å². The molecule has 2 atom stereocenters. The van der Waals surface area contributed by atoms with E-state index >= 15 is 0 Å². The Bertz CT molecular complexity index is 2020. The lowest BCUT2D eigenvalue weighted by Gasteiger charge is -2.47. The molecule has 11 heteroatoms. The first-order chi connectivity index (χ1) is 22.2. The predicted octanol–water partition coefficient (Wildman–Crippen LogP) is 6.62. The highest BCUT2D eigenvalue weighted by Gasteiger charge is 2.48. The normalized spacial score (nSPS) is 20.9. The van der Waals surface area contributed by atoms with Gasteiger partial charge >= 0.3 is 5.97 Å². The molecular formula is C35H34FN5O4S. The van der Waals surface area contributed by atoms with Crippen LogP contribution in [0.4, 0.5) is 10.2 Å². The number of carbonyl (C=O) groups is 1. The van der Waals surface area contributed by atoms with Crippen LogP contribution in [0.15, 0.2) is 84.0 Å². The number of benzene rings is 2. The van der Waals surface area contributed by atoms with Gasteiger partial charge < -0.3 is 10.1 Å². The molecule has 0 aliphatic heterocycles. The summed E-state index contributed by atoms with van der Waals surface area (Å²) in [5.41, 5.74) is 2.70. The first-order valence-corrected chi connectivity index (χ1v) is 17.0. The summed E-state index contributed by atoms with van der Waals surface area (Å²) in [6, 6.07) is 19.0. The van der Waals surface area contributed by atoms with Gasteiger partial charge in [-0.25, -0.2) is 31.7 Å². The third kappa shape index (κ3) is 5.42. The quantitative estimate of drug-likeness (QED) is 0.188. The monoisotopic (exact) mass is 639 g/mol. The molecule has 0 radical (unpaired) electrons. The predicted molar refractivity (Wildman–Crippen MR) is 173 cm³/mol. The van der Waals surface area contributed by atoms with E-state index in [0.717, 1.165) is 47.0 Å². The van der Waals surface area contributed by atoms with E-state index in [9.17, 15) is 17.6 Å². The van der Waals surface area contributed by atoms with Gasteiger partial charge in [0.25, 0.3) is 10.0 Å². The van der Waals surface area contributed by atoms with Gasteiger partial charge in [0.2, 0.25) is 0 Å². The molecule has 2 bridgehead atoms. The number of halogens is 1. The molecule has 3 aromatic heterocycles. The molecule has 3 aliphatic rings. The molecule has 236 valence electrons. The number of aryl methyl sites for hydroxylation is 1. The Labute approximate surface area is 266 Å². The maximum Gasteiger partial charge on any atom is 0.311 e. The molecule has 9 nitrogen and oxygen atoms in total. The second-order valence-corrected chi connectivity index (χ2v) is 13.9. The van der Waals surface area contributed by atoms with E-state index in [1.807, 2.05) is 50.2 Å². The summed E-state index contributed by atoms with van der Waals surface area (Å²) in [5, 5.41) is 3.84. The van der Waals surface area contributed by atoms with Crippen LogP contribution in [0.25, 0.3) is 33.7 Å². The van der Waals surface area contributed by atoms with Gasteiger partial charge in [-0.1, -0.05) is 48.0 Å². The van der Waals surface area contributed by atoms with Crippen molar-refractivity contribution in [2.45, 2.75) is 50.5 Å². The van der Waals surface area contributed by atoms with Crippen LogP contribution in [0.1, 0.15) is 38.2 Å². The van der Waals surface area contributed by atoms with Crippen LogP contribution in [-0.4, -0.2) is 46.0 Å². The zero-order chi connectivity index (χ0) is 32.0. The number of hydrogen-bond donors (Lipinski definition) is 1. The van der Waals surface area contributed by atoms with Crippen molar-refractivity contribution < 1.29 is 22.3 Å². The van der Waals surface area contributed by atoms with Crippen LogP contribution in [0.5, 0.6) is 0 Å². The highest BCUT2D eigenvalue weighted by atomic mass is 32.2. The number of carbonyl (C=O) groups excluding carboxylic acids is 1. The van der Waals surface area contributed by atoms with Gasteiger partial charge in [0, 0.05) is 34.8 Å². The summed E-state index contributed by atoms with van der Waals surface area (Å²) in [5.74, 6) is 0.0829. The summed E-state index contributed by atoms with van der Waals surface area (Å²) in [6.07, 6.45) is 6.40. The van der Waals surface area contributed by atoms with Crippen LogP contribution < -0.4 is 5.32 Å². The highest BCUT2D eigenvalue weighted by Crippen LogP contribution is 2.47. The number of nitrogens with zero attached hydrogens (tertiary/aromatic N) is 4. The van der Waals surface area contributed by atoms with Crippen molar-refractivity contribution in [3.8, 4) is 22.6 Å². The average Bonchev–Trinajstić information content (AvgIpc) is 3.45. The van der Waals surface area contributed by atoms with Crippen molar-refractivity contribution in [2.24, 2.45) is 17.8 Å². The van der Waals surface area contributed by atoms with Crippen LogP contribution in [0.3, 0.4) is 0 Å². The van der Waals surface area contributed by atoms with E-state index in [0.29, 0.717) is 23.7 Å². The number of hydrogen-bond acceptors (Lipinski definition) is 8. The number of aromatic nitrogens is 4. The summed E-state index contributed by atoms with van der Waals surface area (Å²) >= 11 is 0. The Kier molecular flexibility index (Phi) is 7.80. The van der Waals surface area contributed by atoms with Crippen molar-refractivity contribution in [1.82, 2.24) is 18.9 Å². The smallest absolute Gasteiger partial charge is 0.311 e. The lowest BCUT2D eigenvalue weighted by atomic mass is 9.61. The molecule has 46 heavy (non-hydrogen) atoms. The number of pyridine rings is 1. The number of rotatable bonds is 8. The summed E-state index contributed by atoms with van der Waals surface area (Å²) in [7, 11) is -4.10. The summed E-state index contributed by atoms with van der Waals surface area (Å²) in [6.45, 7) is 4.01. The standard InChI is InChI=1S/C35H34FN5O4S/c1-3-45-35(42)31-23-11-13-24(14-12-23)32(31)39-30-18-29(22-7-5-4-6-8-22)38-33(40-30)28-20-41(34-27(28)17-25(36)19-37-34)46(43,44)26-15-9-21(2)10-16-26/h4-10,15-20,23-24,31-32H,3,11-14H2,1-2H3,(H,38,39,40)/t23?,24?,31-,32-/m0/s1.